The Hall–Kier alpha value is -3.93. The summed E-state index contributed by atoms with van der Waals surface area (Å²) in [6.45, 7) is 12.3. The Bertz CT molecular complexity index is 1300. The molecule has 0 bridgehead atoms. The van der Waals surface area contributed by atoms with Gasteiger partial charge in [-0.3, -0.25) is 19.6 Å². The Balaban J connectivity index is 0.000000260. The lowest BCUT2D eigenvalue weighted by Crippen LogP contribution is -2.43. The number of carbonyl (C=O) groups excluding carboxylic acids is 3. The maximum absolute atomic E-state index is 12.5. The van der Waals surface area contributed by atoms with E-state index >= 15 is 0 Å². The van der Waals surface area contributed by atoms with Gasteiger partial charge in [-0.05, 0) is 48.5 Å². The van der Waals surface area contributed by atoms with Crippen LogP contribution in [0.15, 0.2) is 36.7 Å². The Morgan fingerprint density at radius 2 is 1.43 bits per heavy atom. The van der Waals surface area contributed by atoms with Crippen molar-refractivity contribution in [3.63, 3.8) is 0 Å². The number of aromatic nitrogens is 1. The van der Waals surface area contributed by atoms with Gasteiger partial charge in [0.15, 0.2) is 5.78 Å². The summed E-state index contributed by atoms with van der Waals surface area (Å²) >= 11 is 0. The van der Waals surface area contributed by atoms with Gasteiger partial charge in [0, 0.05) is 29.8 Å². The molecule has 12 nitrogen and oxygen atoms in total. The molecule has 42 heavy (non-hydrogen) atoms. The molecular weight excluding hydrogens is 546 g/mol. The number of Topliss-reactive ketones (excluding diaryl/α,β-unsaturated/α-hetero) is 1. The van der Waals surface area contributed by atoms with Crippen molar-refractivity contribution in [3.05, 3.63) is 36.7 Å². The first kappa shape index (κ1) is 32.6. The van der Waals surface area contributed by atoms with E-state index in [4.69, 9.17) is 19.3 Å². The van der Waals surface area contributed by atoms with Crippen molar-refractivity contribution < 1.29 is 43.6 Å². The van der Waals surface area contributed by atoms with Crippen LogP contribution >= 0.6 is 0 Å². The average molecular weight is 588 g/mol. The fourth-order valence-electron chi connectivity index (χ4n) is 4.72. The van der Waals surface area contributed by atoms with Crippen molar-refractivity contribution >= 4 is 34.7 Å². The highest BCUT2D eigenvalue weighted by Gasteiger charge is 2.42. The van der Waals surface area contributed by atoms with Crippen LogP contribution in [0.5, 0.6) is 5.75 Å². The van der Waals surface area contributed by atoms with Gasteiger partial charge in [0.1, 0.15) is 29.1 Å². The number of amides is 2. The number of ether oxygens (including phenoxy) is 3. The number of carboxylic acids is 1. The number of nitrogens with zero attached hydrogens (tertiary/aromatic N) is 3. The van der Waals surface area contributed by atoms with E-state index in [1.807, 2.05) is 24.3 Å². The molecule has 0 radical (unpaired) electrons. The van der Waals surface area contributed by atoms with Crippen molar-refractivity contribution in [1.29, 1.82) is 0 Å². The number of fused-ring (bicyclic) bond motifs is 1. The Morgan fingerprint density at radius 3 is 1.98 bits per heavy atom. The van der Waals surface area contributed by atoms with E-state index in [1.165, 1.54) is 11.8 Å². The van der Waals surface area contributed by atoms with E-state index in [2.05, 4.69) is 4.98 Å². The van der Waals surface area contributed by atoms with Gasteiger partial charge in [0.25, 0.3) is 0 Å². The molecule has 12 heteroatoms. The van der Waals surface area contributed by atoms with Crippen LogP contribution in [0, 0.1) is 0 Å². The number of hydrogen-bond donors (Lipinski definition) is 2. The number of carboxylic acid groups (broad SMARTS) is 1. The highest BCUT2D eigenvalue weighted by molar-refractivity contribution is 5.88. The minimum Gasteiger partial charge on any atom is -0.486 e. The minimum absolute atomic E-state index is 0.00583. The number of ketones is 1. The second kappa shape index (κ2) is 12.9. The molecule has 1 aromatic heterocycles. The van der Waals surface area contributed by atoms with Gasteiger partial charge in [-0.2, -0.15) is 0 Å². The van der Waals surface area contributed by atoms with Crippen LogP contribution < -0.4 is 4.74 Å². The van der Waals surface area contributed by atoms with Crippen LogP contribution in [0.3, 0.4) is 0 Å². The molecule has 2 aliphatic heterocycles. The van der Waals surface area contributed by atoms with Gasteiger partial charge in [-0.25, -0.2) is 14.4 Å². The van der Waals surface area contributed by atoms with Gasteiger partial charge in [-0.15, -0.1) is 0 Å². The lowest BCUT2D eigenvalue weighted by atomic mass is 10.1. The summed E-state index contributed by atoms with van der Waals surface area (Å²) in [5.74, 6) is -0.540. The summed E-state index contributed by atoms with van der Waals surface area (Å²) in [4.78, 5) is 53.7. The molecule has 0 saturated carbocycles. The summed E-state index contributed by atoms with van der Waals surface area (Å²) in [5.41, 5.74) is -1.29. The summed E-state index contributed by atoms with van der Waals surface area (Å²) in [5, 5.41) is 20.2. The molecule has 1 aromatic carbocycles. The number of aliphatic hydroxyl groups is 1. The van der Waals surface area contributed by atoms with E-state index < -0.39 is 47.5 Å². The van der Waals surface area contributed by atoms with Crippen molar-refractivity contribution in [2.45, 2.75) is 96.8 Å². The molecule has 2 N–H and O–H groups in total. The summed E-state index contributed by atoms with van der Waals surface area (Å²) < 4.78 is 16.6. The highest BCUT2D eigenvalue weighted by Crippen LogP contribution is 2.29. The first-order valence-corrected chi connectivity index (χ1v) is 13.8. The standard InChI is InChI=1S/C20H24N2O4.C10H17NO5/c1-13(23)17-9-15(12-22(17)19(24)26-20(2,3)4)25-18-11-21-10-14-7-5-6-8-16(14)18;1-10(2,3)16-9(15)11-5-6(12)4-7(11)8(13)14/h5-8,10-11,15,17H,9,12H2,1-4H3;6-7,12H,4-5H2,1-3H3,(H,13,14)/t15-,17+;6-,7+/m11/s1. The summed E-state index contributed by atoms with van der Waals surface area (Å²) in [6.07, 6.45) is 1.67. The van der Waals surface area contributed by atoms with Crippen LogP contribution in [-0.2, 0) is 19.1 Å². The zero-order valence-corrected chi connectivity index (χ0v) is 25.2. The fourth-order valence-corrected chi connectivity index (χ4v) is 4.72. The van der Waals surface area contributed by atoms with E-state index in [0.29, 0.717) is 18.7 Å². The molecule has 2 aromatic rings. The summed E-state index contributed by atoms with van der Waals surface area (Å²) in [7, 11) is 0. The number of hydrogen-bond acceptors (Lipinski definition) is 9. The minimum atomic E-state index is -1.12. The van der Waals surface area contributed by atoms with E-state index in [9.17, 15) is 24.3 Å². The SMILES string of the molecule is CC(=O)[C@@H]1C[C@@H](Oc2cncc3ccccc23)CN1C(=O)OC(C)(C)C.CC(C)(C)OC(=O)N1C[C@H](O)C[C@H]1C(=O)O. The molecule has 2 saturated heterocycles. The third kappa shape index (κ3) is 8.78. The van der Waals surface area contributed by atoms with Crippen LogP contribution in [0.25, 0.3) is 10.8 Å². The van der Waals surface area contributed by atoms with E-state index in [-0.39, 0.29) is 24.9 Å². The number of aliphatic carboxylic acids is 1. The molecule has 2 aliphatic rings. The van der Waals surface area contributed by atoms with Crippen LogP contribution in [0.1, 0.15) is 61.3 Å². The van der Waals surface area contributed by atoms with Crippen LogP contribution in [0.4, 0.5) is 9.59 Å². The first-order valence-electron chi connectivity index (χ1n) is 13.8. The fraction of sp³-hybridized carbons (Fsp3) is 0.567. The second-order valence-corrected chi connectivity index (χ2v) is 12.5. The Morgan fingerprint density at radius 1 is 0.857 bits per heavy atom. The third-order valence-electron chi connectivity index (χ3n) is 6.48. The monoisotopic (exact) mass is 587 g/mol. The van der Waals surface area contributed by atoms with Gasteiger partial charge >= 0.3 is 18.2 Å². The van der Waals surface area contributed by atoms with Gasteiger partial charge < -0.3 is 24.4 Å². The maximum Gasteiger partial charge on any atom is 0.411 e. The smallest absolute Gasteiger partial charge is 0.411 e. The number of likely N-dealkylation sites (tertiary alicyclic amines) is 2. The lowest BCUT2D eigenvalue weighted by Gasteiger charge is -2.27. The number of pyridine rings is 1. The topological polar surface area (TPSA) is 156 Å². The molecule has 0 spiro atoms. The quantitative estimate of drug-likeness (QED) is 0.536. The maximum atomic E-state index is 12.5. The Labute approximate surface area is 245 Å². The van der Waals surface area contributed by atoms with Crippen LogP contribution in [-0.4, -0.2) is 97.5 Å². The van der Waals surface area contributed by atoms with E-state index in [1.54, 1.807) is 53.9 Å². The van der Waals surface area contributed by atoms with Gasteiger partial charge in [-0.1, -0.05) is 24.3 Å². The van der Waals surface area contributed by atoms with Gasteiger partial charge in [0.2, 0.25) is 0 Å². The molecular formula is C30H41N3O9. The zero-order chi connectivity index (χ0) is 31.4. The predicted octanol–water partition coefficient (Wildman–Crippen LogP) is 4.02. The van der Waals surface area contributed by atoms with Crippen molar-refractivity contribution in [3.8, 4) is 5.75 Å². The summed E-state index contributed by atoms with van der Waals surface area (Å²) in [6, 6.07) is 6.29. The zero-order valence-electron chi connectivity index (χ0n) is 25.2. The largest absolute Gasteiger partial charge is 0.486 e. The van der Waals surface area contributed by atoms with E-state index in [0.717, 1.165) is 15.7 Å². The Kier molecular flexibility index (Phi) is 10.0. The number of carbonyl (C=O) groups is 4. The van der Waals surface area contributed by atoms with Gasteiger partial charge in [0.05, 0.1) is 31.4 Å². The highest BCUT2D eigenvalue weighted by atomic mass is 16.6. The molecule has 0 aliphatic carbocycles. The van der Waals surface area contributed by atoms with Crippen molar-refractivity contribution in [2.24, 2.45) is 0 Å². The lowest BCUT2D eigenvalue weighted by molar-refractivity contribution is -0.142. The number of β-amino-alcohol motifs (C(OH)–C–C–N with tert-alkyl or cyclic N) is 1. The molecule has 230 valence electrons. The number of rotatable bonds is 4. The molecule has 4 rings (SSSR count). The van der Waals surface area contributed by atoms with Crippen LogP contribution in [0.2, 0.25) is 0 Å². The van der Waals surface area contributed by atoms with Crippen molar-refractivity contribution in [1.82, 2.24) is 14.8 Å². The molecule has 2 amide bonds. The third-order valence-corrected chi connectivity index (χ3v) is 6.48. The number of aliphatic hydroxyl groups excluding tert-OH is 1. The average Bonchev–Trinajstić information content (AvgIpc) is 3.47. The molecule has 2 fully saturated rings. The first-order chi connectivity index (χ1) is 19.4. The number of benzene rings is 1. The molecule has 4 atom stereocenters. The molecule has 0 unspecified atom stereocenters. The van der Waals surface area contributed by atoms with Crippen molar-refractivity contribution in [2.75, 3.05) is 13.1 Å². The normalized spacial score (nSPS) is 22.3. The molecule has 3 heterocycles. The predicted molar refractivity (Wildman–Crippen MR) is 153 cm³/mol. The second-order valence-electron chi connectivity index (χ2n) is 12.5.